The number of rotatable bonds is 9. The number of benzene rings is 1. The zero-order valence-electron chi connectivity index (χ0n) is 22.3. The molecule has 13 nitrogen and oxygen atoms in total. The maximum atomic E-state index is 15.1. The lowest BCUT2D eigenvalue weighted by Crippen LogP contribution is -2.71. The number of nitrogens with one attached hydrogen (secondary N) is 2. The van der Waals surface area contributed by atoms with Crippen molar-refractivity contribution in [2.24, 2.45) is 0 Å². The number of aliphatic carboxylic acids is 1. The fraction of sp³-hybridized carbons (Fsp3) is 0.333. The van der Waals surface area contributed by atoms with E-state index in [2.05, 4.69) is 10.6 Å². The molecule has 0 bridgehead atoms. The van der Waals surface area contributed by atoms with Crippen molar-refractivity contribution in [1.82, 2.24) is 15.5 Å². The number of nitrogens with zero attached hydrogens (tertiary/aromatic N) is 3. The monoisotopic (exact) mass is 600 g/mol. The number of carbonyl (C=O) groups excluding carboxylic acids is 4. The van der Waals surface area contributed by atoms with Crippen LogP contribution < -0.4 is 20.1 Å². The SMILES string of the molecule is CC(=O)NC[C@H]1CN(c2ccc(-c3cc[n+](CC4=C(C(=O)O)N5C(=O)[C@@H](NC(=O)CO)C5SC4)cc3)c(F)c2)C(=O)O1. The van der Waals surface area contributed by atoms with E-state index in [9.17, 15) is 29.1 Å². The molecule has 4 N–H and O–H groups in total. The van der Waals surface area contributed by atoms with Crippen LogP contribution in [0.15, 0.2) is 54.0 Å². The van der Waals surface area contributed by atoms with E-state index in [4.69, 9.17) is 9.84 Å². The summed E-state index contributed by atoms with van der Waals surface area (Å²) in [5, 5.41) is 23.2. The summed E-state index contributed by atoms with van der Waals surface area (Å²) >= 11 is 1.31. The molecule has 1 aromatic carbocycles. The Bertz CT molecular complexity index is 1500. The first kappa shape index (κ1) is 29.0. The summed E-state index contributed by atoms with van der Waals surface area (Å²) in [4.78, 5) is 62.1. The Morgan fingerprint density at radius 1 is 1.19 bits per heavy atom. The lowest BCUT2D eigenvalue weighted by atomic mass is 10.0. The Labute approximate surface area is 242 Å². The number of aromatic nitrogens is 1. The van der Waals surface area contributed by atoms with Crippen LogP contribution in [0.25, 0.3) is 11.1 Å². The average molecular weight is 601 g/mol. The third-order valence-electron chi connectivity index (χ3n) is 7.00. The number of hydrogen-bond donors (Lipinski definition) is 4. The molecule has 2 aromatic rings. The van der Waals surface area contributed by atoms with Crippen LogP contribution in [0.3, 0.4) is 0 Å². The molecule has 220 valence electrons. The molecule has 2 fully saturated rings. The number of carbonyl (C=O) groups is 5. The van der Waals surface area contributed by atoms with Crippen LogP contribution >= 0.6 is 11.8 Å². The maximum absolute atomic E-state index is 15.1. The first-order chi connectivity index (χ1) is 20.1. The third-order valence-corrected chi connectivity index (χ3v) is 8.34. The van der Waals surface area contributed by atoms with Crippen molar-refractivity contribution in [1.29, 1.82) is 0 Å². The van der Waals surface area contributed by atoms with Gasteiger partial charge in [-0.1, -0.05) is 0 Å². The van der Waals surface area contributed by atoms with Crippen LogP contribution in [-0.2, 0) is 30.5 Å². The predicted octanol–water partition coefficient (Wildman–Crippen LogP) is -0.0276. The smallest absolute Gasteiger partial charge is 0.414 e. The van der Waals surface area contributed by atoms with Crippen molar-refractivity contribution in [3.05, 3.63) is 59.8 Å². The average Bonchev–Trinajstić information content (AvgIpc) is 3.35. The highest BCUT2D eigenvalue weighted by Crippen LogP contribution is 2.40. The van der Waals surface area contributed by atoms with Crippen LogP contribution in [0.4, 0.5) is 14.9 Å². The van der Waals surface area contributed by atoms with Gasteiger partial charge in [-0.25, -0.2) is 18.5 Å². The summed E-state index contributed by atoms with van der Waals surface area (Å²) in [6, 6.07) is 6.81. The molecule has 1 unspecified atom stereocenters. The van der Waals surface area contributed by atoms with E-state index in [-0.39, 0.29) is 36.8 Å². The number of ether oxygens (including phenoxy) is 1. The second-order valence-electron chi connectivity index (χ2n) is 9.85. The molecule has 5 rings (SSSR count). The molecule has 0 radical (unpaired) electrons. The Kier molecular flexibility index (Phi) is 8.13. The van der Waals surface area contributed by atoms with Gasteiger partial charge in [0.15, 0.2) is 18.9 Å². The number of carboxylic acids is 1. The summed E-state index contributed by atoms with van der Waals surface area (Å²) in [6.45, 7) is 1.07. The van der Waals surface area contributed by atoms with Gasteiger partial charge in [0.2, 0.25) is 11.8 Å². The van der Waals surface area contributed by atoms with Gasteiger partial charge in [0, 0.05) is 35.9 Å². The van der Waals surface area contributed by atoms with Crippen LogP contribution in [0.1, 0.15) is 6.92 Å². The number of amides is 4. The van der Waals surface area contributed by atoms with Gasteiger partial charge in [-0.2, -0.15) is 0 Å². The number of carboxylic acid groups (broad SMARTS) is 1. The number of anilines is 1. The van der Waals surface area contributed by atoms with Crippen molar-refractivity contribution in [3.8, 4) is 11.1 Å². The number of cyclic esters (lactones) is 1. The molecule has 0 aliphatic carbocycles. The van der Waals surface area contributed by atoms with E-state index in [0.717, 1.165) is 4.90 Å². The van der Waals surface area contributed by atoms with Crippen LogP contribution in [0, 0.1) is 5.82 Å². The third kappa shape index (κ3) is 5.65. The molecular weight excluding hydrogens is 573 g/mol. The minimum absolute atomic E-state index is 0.142. The molecule has 3 aliphatic rings. The van der Waals surface area contributed by atoms with Gasteiger partial charge in [-0.3, -0.25) is 24.2 Å². The standard InChI is InChI=1S/C27H26FN5O8S/c1-14(35)29-9-18-11-32(27(40)41-18)17-2-3-19(20(28)8-17)15-4-6-31(7-5-15)10-16-13-42-25-22(30-21(36)12-34)24(37)33(25)23(16)26(38)39/h2-8,18,22,25,34H,9-13H2,1H3,(H2-,29,30,35,36,38,39)/p+1/t18-,22+,25?/m0/s1. The van der Waals surface area contributed by atoms with Crippen LogP contribution in [-0.4, -0.2) is 87.9 Å². The van der Waals surface area contributed by atoms with Gasteiger partial charge in [0.05, 0.1) is 18.8 Å². The van der Waals surface area contributed by atoms with Crippen molar-refractivity contribution in [2.45, 2.75) is 31.0 Å². The molecule has 3 aliphatic heterocycles. The minimum Gasteiger partial charge on any atom is -0.477 e. The number of aliphatic hydroxyl groups is 1. The van der Waals surface area contributed by atoms with Gasteiger partial charge in [-0.15, -0.1) is 11.8 Å². The molecule has 4 amide bonds. The van der Waals surface area contributed by atoms with Gasteiger partial charge >= 0.3 is 12.1 Å². The van der Waals surface area contributed by atoms with E-state index in [1.165, 1.54) is 29.7 Å². The van der Waals surface area contributed by atoms with E-state index >= 15 is 4.39 Å². The fourth-order valence-electron chi connectivity index (χ4n) is 4.99. The number of halogens is 1. The molecule has 0 saturated carbocycles. The number of thioether (sulfide) groups is 1. The van der Waals surface area contributed by atoms with Crippen molar-refractivity contribution < 1.29 is 47.9 Å². The van der Waals surface area contributed by atoms with Gasteiger partial charge in [0.25, 0.3) is 5.91 Å². The quantitative estimate of drug-likeness (QED) is 0.228. The minimum atomic E-state index is -1.27. The highest BCUT2D eigenvalue weighted by atomic mass is 32.2. The lowest BCUT2D eigenvalue weighted by molar-refractivity contribution is -0.689. The van der Waals surface area contributed by atoms with Crippen molar-refractivity contribution in [3.63, 3.8) is 0 Å². The molecule has 2 saturated heterocycles. The number of hydrogen-bond acceptors (Lipinski definition) is 8. The van der Waals surface area contributed by atoms with E-state index in [0.29, 0.717) is 22.6 Å². The number of fused-ring (bicyclic) bond motifs is 1. The lowest BCUT2D eigenvalue weighted by Gasteiger charge is -2.49. The largest absolute Gasteiger partial charge is 0.477 e. The van der Waals surface area contributed by atoms with E-state index < -0.39 is 53.8 Å². The molecule has 1 aromatic heterocycles. The van der Waals surface area contributed by atoms with E-state index in [1.54, 1.807) is 41.2 Å². The molecule has 4 heterocycles. The number of aliphatic hydroxyl groups excluding tert-OH is 1. The molecule has 0 spiro atoms. The van der Waals surface area contributed by atoms with Crippen molar-refractivity contribution in [2.75, 3.05) is 30.3 Å². The Morgan fingerprint density at radius 3 is 2.57 bits per heavy atom. The number of pyridine rings is 1. The Morgan fingerprint density at radius 2 is 1.93 bits per heavy atom. The van der Waals surface area contributed by atoms with Gasteiger partial charge in [0.1, 0.15) is 35.6 Å². The molecule has 3 atom stereocenters. The van der Waals surface area contributed by atoms with Gasteiger partial charge < -0.3 is 25.6 Å². The fourth-order valence-corrected chi connectivity index (χ4v) is 6.32. The Hall–Kier alpha value is -4.50. The second kappa shape index (κ2) is 11.8. The number of β-lactam (4-membered cyclic amide) rings is 1. The topological polar surface area (TPSA) is 169 Å². The molecule has 42 heavy (non-hydrogen) atoms. The van der Waals surface area contributed by atoms with Gasteiger partial charge in [-0.05, 0) is 23.8 Å². The highest BCUT2D eigenvalue weighted by molar-refractivity contribution is 8.00. The maximum Gasteiger partial charge on any atom is 0.414 e. The normalized spacial score (nSPS) is 21.5. The molecule has 15 heteroatoms. The zero-order chi connectivity index (χ0) is 30.1. The summed E-state index contributed by atoms with van der Waals surface area (Å²) in [5.74, 6) is -3.05. The van der Waals surface area contributed by atoms with E-state index in [1.807, 2.05) is 0 Å². The first-order valence-corrected chi connectivity index (χ1v) is 13.9. The van der Waals surface area contributed by atoms with Crippen LogP contribution in [0.2, 0.25) is 0 Å². The summed E-state index contributed by atoms with van der Waals surface area (Å²) in [6.07, 6.45) is 2.15. The first-order valence-electron chi connectivity index (χ1n) is 12.9. The Balaban J connectivity index is 1.28. The predicted molar refractivity (Wildman–Crippen MR) is 145 cm³/mol. The zero-order valence-corrected chi connectivity index (χ0v) is 23.1. The summed E-state index contributed by atoms with van der Waals surface area (Å²) in [7, 11) is 0. The summed E-state index contributed by atoms with van der Waals surface area (Å²) in [5.41, 5.74) is 1.51. The molecular formula is C27H27FN5O8S+. The summed E-state index contributed by atoms with van der Waals surface area (Å²) < 4.78 is 22.1. The highest BCUT2D eigenvalue weighted by Gasteiger charge is 2.54. The van der Waals surface area contributed by atoms with Crippen LogP contribution in [0.5, 0.6) is 0 Å². The second-order valence-corrected chi connectivity index (χ2v) is 11.0. The van der Waals surface area contributed by atoms with Crippen molar-refractivity contribution >= 4 is 47.2 Å².